The Morgan fingerprint density at radius 3 is 1.26 bits per heavy atom. The Bertz CT molecular complexity index is 1360. The molecule has 0 saturated heterocycles. The Morgan fingerprint density at radius 2 is 0.952 bits per heavy atom. The first-order chi connectivity index (χ1) is 19.7. The second-order valence-electron chi connectivity index (χ2n) is 13.5. The van der Waals surface area contributed by atoms with E-state index in [0.717, 1.165) is 22.5 Å². The molecular weight excluding hydrogens is 524 g/mol. The van der Waals surface area contributed by atoms with E-state index in [0.29, 0.717) is 73.9 Å². The first-order valence-corrected chi connectivity index (χ1v) is 14.9. The molecule has 0 bridgehead atoms. The number of aliphatic hydroxyl groups is 2. The molecule has 0 aromatic heterocycles. The van der Waals surface area contributed by atoms with Crippen LogP contribution in [0.3, 0.4) is 0 Å². The standard InChI is InChI=1S/C36H44N2O4/c1-23-11-15-25(16-12-23)37-27(33-29(39)19-35(3,4)20-30(33)40)9-7-8-10-28(38-26-17-13-24(2)14-18-26)34-31(41)21-36(5,6)22-32(34)42/h11-18,39,41H,7-10,19-22H2,1-6H3. The minimum atomic E-state index is -0.294. The van der Waals surface area contributed by atoms with Crippen LogP contribution in [0.5, 0.6) is 0 Å². The second-order valence-corrected chi connectivity index (χ2v) is 13.5. The van der Waals surface area contributed by atoms with Crippen LogP contribution in [-0.4, -0.2) is 33.2 Å². The van der Waals surface area contributed by atoms with Crippen molar-refractivity contribution >= 4 is 34.4 Å². The molecule has 4 rings (SSSR count). The van der Waals surface area contributed by atoms with Crippen LogP contribution < -0.4 is 0 Å². The van der Waals surface area contributed by atoms with Gasteiger partial charge in [0.1, 0.15) is 11.5 Å². The SMILES string of the molecule is Cc1ccc(N=C(CCCCC(=Nc2ccc(C)cc2)C2=C(O)CC(C)(C)CC2=O)C2=C(O)CC(C)(C)CC2=O)cc1. The van der Waals surface area contributed by atoms with Crippen molar-refractivity contribution in [3.63, 3.8) is 0 Å². The molecule has 0 amide bonds. The number of hydrogen-bond acceptors (Lipinski definition) is 6. The topological polar surface area (TPSA) is 99.3 Å². The minimum absolute atomic E-state index is 0.0817. The van der Waals surface area contributed by atoms with E-state index in [1.165, 1.54) is 0 Å². The molecule has 0 heterocycles. The average molecular weight is 569 g/mol. The molecule has 6 heteroatoms. The fraction of sp³-hybridized carbons (Fsp3) is 0.444. The largest absolute Gasteiger partial charge is 0.511 e. The number of unbranched alkanes of at least 4 members (excludes halogenated alkanes) is 1. The number of aliphatic imine (C=N–C) groups is 2. The molecule has 0 fully saturated rings. The quantitative estimate of drug-likeness (QED) is 0.233. The second kappa shape index (κ2) is 12.6. The highest BCUT2D eigenvalue weighted by Gasteiger charge is 2.36. The van der Waals surface area contributed by atoms with Crippen molar-refractivity contribution < 1.29 is 19.8 Å². The molecule has 0 radical (unpaired) electrons. The number of carbonyl (C=O) groups excluding carboxylic acids is 2. The highest BCUT2D eigenvalue weighted by atomic mass is 16.3. The van der Waals surface area contributed by atoms with Gasteiger partial charge in [0.15, 0.2) is 11.6 Å². The van der Waals surface area contributed by atoms with Gasteiger partial charge < -0.3 is 10.2 Å². The maximum absolute atomic E-state index is 13.2. The van der Waals surface area contributed by atoms with Gasteiger partial charge in [-0.2, -0.15) is 0 Å². The summed E-state index contributed by atoms with van der Waals surface area (Å²) < 4.78 is 0. The van der Waals surface area contributed by atoms with Crippen LogP contribution >= 0.6 is 0 Å². The van der Waals surface area contributed by atoms with E-state index < -0.39 is 0 Å². The third-order valence-electron chi connectivity index (χ3n) is 7.96. The molecule has 0 aliphatic heterocycles. The van der Waals surface area contributed by atoms with E-state index in [2.05, 4.69) is 0 Å². The summed E-state index contributed by atoms with van der Waals surface area (Å²) in [6, 6.07) is 15.6. The van der Waals surface area contributed by atoms with Crippen molar-refractivity contribution in [1.29, 1.82) is 0 Å². The Hall–Kier alpha value is -3.80. The molecule has 0 atom stereocenters. The van der Waals surface area contributed by atoms with Crippen LogP contribution in [0, 0.1) is 24.7 Å². The van der Waals surface area contributed by atoms with Gasteiger partial charge in [0, 0.05) is 25.7 Å². The predicted octanol–water partition coefficient (Wildman–Crippen LogP) is 9.11. The van der Waals surface area contributed by atoms with E-state index >= 15 is 0 Å². The number of aliphatic hydroxyl groups excluding tert-OH is 2. The molecule has 0 spiro atoms. The summed E-state index contributed by atoms with van der Waals surface area (Å²) in [4.78, 5) is 36.1. The summed E-state index contributed by atoms with van der Waals surface area (Å²) in [5.74, 6) is 0.0481. The number of rotatable bonds is 9. The van der Waals surface area contributed by atoms with Gasteiger partial charge in [0.05, 0.1) is 33.9 Å². The molecule has 0 saturated carbocycles. The van der Waals surface area contributed by atoms with Gasteiger partial charge in [-0.05, 0) is 74.6 Å². The van der Waals surface area contributed by atoms with Crippen molar-refractivity contribution in [2.75, 3.05) is 0 Å². The lowest BCUT2D eigenvalue weighted by Crippen LogP contribution is -2.29. The number of carbonyl (C=O) groups is 2. The van der Waals surface area contributed by atoms with Crippen LogP contribution in [0.4, 0.5) is 11.4 Å². The van der Waals surface area contributed by atoms with Crippen molar-refractivity contribution in [1.82, 2.24) is 0 Å². The number of ketones is 2. The van der Waals surface area contributed by atoms with Crippen molar-refractivity contribution in [3.05, 3.63) is 82.3 Å². The minimum Gasteiger partial charge on any atom is -0.511 e. The van der Waals surface area contributed by atoms with E-state index in [4.69, 9.17) is 9.98 Å². The highest BCUT2D eigenvalue weighted by Crippen LogP contribution is 2.38. The van der Waals surface area contributed by atoms with Crippen LogP contribution in [0.15, 0.2) is 81.2 Å². The molecule has 2 aliphatic rings. The molecule has 42 heavy (non-hydrogen) atoms. The zero-order valence-corrected chi connectivity index (χ0v) is 25.9. The van der Waals surface area contributed by atoms with Crippen LogP contribution in [0.1, 0.15) is 90.2 Å². The lowest BCUT2D eigenvalue weighted by molar-refractivity contribution is -0.118. The Kier molecular flexibility index (Phi) is 9.34. The van der Waals surface area contributed by atoms with Crippen molar-refractivity contribution in [2.24, 2.45) is 20.8 Å². The van der Waals surface area contributed by atoms with E-state index in [-0.39, 0.29) is 33.9 Å². The molecule has 0 unspecified atom stereocenters. The number of aryl methyl sites for hydroxylation is 2. The number of benzene rings is 2. The van der Waals surface area contributed by atoms with Gasteiger partial charge in [-0.1, -0.05) is 63.1 Å². The van der Waals surface area contributed by atoms with Gasteiger partial charge in [0.2, 0.25) is 0 Å². The van der Waals surface area contributed by atoms with Crippen molar-refractivity contribution in [3.8, 4) is 0 Å². The number of hydrogen-bond donors (Lipinski definition) is 2. The highest BCUT2D eigenvalue weighted by molar-refractivity contribution is 6.24. The van der Waals surface area contributed by atoms with Gasteiger partial charge in [-0.3, -0.25) is 19.6 Å². The predicted molar refractivity (Wildman–Crippen MR) is 170 cm³/mol. The van der Waals surface area contributed by atoms with Gasteiger partial charge in [0.25, 0.3) is 0 Å². The summed E-state index contributed by atoms with van der Waals surface area (Å²) in [6.45, 7) is 12.0. The molecule has 6 nitrogen and oxygen atoms in total. The fourth-order valence-electron chi connectivity index (χ4n) is 5.84. The number of nitrogens with zero attached hydrogens (tertiary/aromatic N) is 2. The van der Waals surface area contributed by atoms with Gasteiger partial charge >= 0.3 is 0 Å². The van der Waals surface area contributed by atoms with E-state index in [1.807, 2.05) is 90.1 Å². The molecule has 2 aromatic rings. The third-order valence-corrected chi connectivity index (χ3v) is 7.96. The summed E-state index contributed by atoms with van der Waals surface area (Å²) in [6.07, 6.45) is 3.89. The fourth-order valence-corrected chi connectivity index (χ4v) is 5.84. The zero-order valence-electron chi connectivity index (χ0n) is 25.9. The Labute approximate surface area is 250 Å². The number of Topliss-reactive ketones (excluding diaryl/α,β-unsaturated/α-hetero) is 2. The first kappa shape index (κ1) is 31.1. The smallest absolute Gasteiger partial charge is 0.168 e. The van der Waals surface area contributed by atoms with Gasteiger partial charge in [-0.15, -0.1) is 0 Å². The molecule has 2 aromatic carbocycles. The lowest BCUT2D eigenvalue weighted by Gasteiger charge is -2.30. The van der Waals surface area contributed by atoms with Crippen LogP contribution in [-0.2, 0) is 9.59 Å². The summed E-state index contributed by atoms with van der Waals surface area (Å²) in [5, 5.41) is 21.9. The maximum Gasteiger partial charge on any atom is 0.168 e. The van der Waals surface area contributed by atoms with Crippen molar-refractivity contribution in [2.45, 2.75) is 92.9 Å². The maximum atomic E-state index is 13.2. The molecule has 222 valence electrons. The van der Waals surface area contributed by atoms with Crippen LogP contribution in [0.25, 0.3) is 0 Å². The third kappa shape index (κ3) is 7.93. The van der Waals surface area contributed by atoms with Crippen LogP contribution in [0.2, 0.25) is 0 Å². The zero-order chi connectivity index (χ0) is 30.7. The normalized spacial score (nSPS) is 19.5. The molecular formula is C36H44N2O4. The Balaban J connectivity index is 1.60. The summed E-state index contributed by atoms with van der Waals surface area (Å²) in [7, 11) is 0. The molecule has 2 aliphatic carbocycles. The summed E-state index contributed by atoms with van der Waals surface area (Å²) in [5.41, 5.74) is 4.98. The summed E-state index contributed by atoms with van der Waals surface area (Å²) >= 11 is 0. The van der Waals surface area contributed by atoms with E-state index in [1.54, 1.807) is 0 Å². The lowest BCUT2D eigenvalue weighted by atomic mass is 9.75. The van der Waals surface area contributed by atoms with Gasteiger partial charge in [-0.25, -0.2) is 0 Å². The molecule has 2 N–H and O–H groups in total. The Morgan fingerprint density at radius 1 is 0.619 bits per heavy atom. The first-order valence-electron chi connectivity index (χ1n) is 14.9. The average Bonchev–Trinajstić information content (AvgIpc) is 2.86. The monoisotopic (exact) mass is 568 g/mol. The number of allylic oxidation sites excluding steroid dienone is 4. The van der Waals surface area contributed by atoms with E-state index in [9.17, 15) is 19.8 Å².